The van der Waals surface area contributed by atoms with Crippen LogP contribution in [0.5, 0.6) is 0 Å². The standard InChI is InChI=1S/C32H98O15Si16/c1-2-3-4-5-6-7-8-9-10-11-12-13-14-15-16-17-18-19-20-21-22-23-24-25-26-27-28-29-30-31-32-49-34-51-36-53-38-55-40-57-42-59-44-61-46-63-47-62-45-60-43-58-41-56-39-54-37-52-35-50-33-48/h2-32,49-63H2,1,48H3. The molecule has 0 N–H and O–H groups in total. The van der Waals surface area contributed by atoms with Crippen molar-refractivity contribution in [2.24, 2.45) is 0 Å². The van der Waals surface area contributed by atoms with Crippen LogP contribution in [-0.2, 0) is 61.7 Å². The van der Waals surface area contributed by atoms with Crippen LogP contribution in [0.15, 0.2) is 0 Å². The van der Waals surface area contributed by atoms with E-state index in [0.29, 0.717) is 0 Å². The molecule has 0 saturated heterocycles. The first-order valence-electron chi connectivity index (χ1n) is 25.0. The molecule has 0 aliphatic heterocycles. The quantitative estimate of drug-likeness (QED) is 0.0445. The number of rotatable bonds is 60. The Morgan fingerprint density at radius 3 is 0.603 bits per heavy atom. The Kier molecular flexibility index (Phi) is 67.8. The van der Waals surface area contributed by atoms with Gasteiger partial charge >= 0.3 is 0 Å². The second-order valence-electron chi connectivity index (χ2n) is 16.1. The van der Waals surface area contributed by atoms with Crippen molar-refractivity contribution in [2.45, 2.75) is 206 Å². The van der Waals surface area contributed by atoms with Gasteiger partial charge in [-0.1, -0.05) is 200 Å². The average Bonchev–Trinajstić information content (AvgIpc) is 3.29. The van der Waals surface area contributed by atoms with Gasteiger partial charge in [-0.2, -0.15) is 0 Å². The topological polar surface area (TPSA) is 138 Å². The second kappa shape index (κ2) is 64.9. The van der Waals surface area contributed by atoms with E-state index in [1.54, 1.807) is 0 Å². The molecule has 0 aliphatic carbocycles. The van der Waals surface area contributed by atoms with Crippen molar-refractivity contribution in [3.63, 3.8) is 0 Å². The van der Waals surface area contributed by atoms with Crippen LogP contribution in [0.4, 0.5) is 0 Å². The Morgan fingerprint density at radius 1 is 0.222 bits per heavy atom. The Morgan fingerprint density at radius 2 is 0.397 bits per heavy atom. The van der Waals surface area contributed by atoms with E-state index in [0.717, 1.165) is 10.5 Å². The van der Waals surface area contributed by atoms with Crippen LogP contribution in [0.1, 0.15) is 200 Å². The van der Waals surface area contributed by atoms with Gasteiger partial charge in [0.1, 0.15) is 20.2 Å². The van der Waals surface area contributed by atoms with Crippen molar-refractivity contribution < 1.29 is 61.7 Å². The summed E-state index contributed by atoms with van der Waals surface area (Å²) in [6.07, 6.45) is 43.5. The van der Waals surface area contributed by atoms with Gasteiger partial charge < -0.3 is 61.7 Å². The highest BCUT2D eigenvalue weighted by molar-refractivity contribution is 6.51. The van der Waals surface area contributed by atoms with Gasteiger partial charge in [-0.05, 0) is 6.04 Å². The highest BCUT2D eigenvalue weighted by atomic mass is 28.4. The highest BCUT2D eigenvalue weighted by Crippen LogP contribution is 2.16. The molecule has 0 aromatic rings. The summed E-state index contributed by atoms with van der Waals surface area (Å²) in [6, 6.07) is 1.28. The minimum absolute atomic E-state index is 0.408. The monoisotopic (exact) mass is 1170 g/mol. The summed E-state index contributed by atoms with van der Waals surface area (Å²) in [7, 11) is -13.1. The van der Waals surface area contributed by atoms with Gasteiger partial charge in [0.05, 0.1) is 0 Å². The maximum absolute atomic E-state index is 5.88. The van der Waals surface area contributed by atoms with Gasteiger partial charge in [-0.15, -0.1) is 0 Å². The smallest absolute Gasteiger partial charge is 0.286 e. The molecule has 63 heavy (non-hydrogen) atoms. The Hall–Kier alpha value is 2.87. The molecular formula is C32H98O15Si16. The lowest BCUT2D eigenvalue weighted by molar-refractivity contribution is 0.356. The lowest BCUT2D eigenvalue weighted by Gasteiger charge is -2.09. The van der Waals surface area contributed by atoms with Crippen LogP contribution in [0.25, 0.3) is 0 Å². The van der Waals surface area contributed by atoms with Crippen LogP contribution in [-0.4, -0.2) is 160 Å². The summed E-state index contributed by atoms with van der Waals surface area (Å²) in [5.74, 6) is 0. The molecule has 0 aliphatic rings. The molecule has 31 heteroatoms. The molecule has 0 aromatic carbocycles. The predicted octanol–water partition coefficient (Wildman–Crippen LogP) is -3.28. The van der Waals surface area contributed by atoms with E-state index in [2.05, 4.69) is 6.92 Å². The van der Waals surface area contributed by atoms with Crippen molar-refractivity contribution in [2.75, 3.05) is 0 Å². The molecule has 0 spiro atoms. The zero-order valence-electron chi connectivity index (χ0n) is 40.7. The minimum Gasteiger partial charge on any atom is -0.449 e. The highest BCUT2D eigenvalue weighted by Gasteiger charge is 2.01. The van der Waals surface area contributed by atoms with E-state index in [9.17, 15) is 0 Å². The fourth-order valence-corrected chi connectivity index (χ4v) is 34.2. The zero-order valence-corrected chi connectivity index (χ0v) is 63.9. The third-order valence-corrected chi connectivity index (χ3v) is 31.1. The molecule has 380 valence electrons. The molecular weight excluding hydrogens is 1070 g/mol. The normalized spacial score (nSPS) is 14.6. The van der Waals surface area contributed by atoms with Crippen molar-refractivity contribution in [1.82, 2.24) is 0 Å². The van der Waals surface area contributed by atoms with E-state index in [1.165, 1.54) is 199 Å². The molecule has 0 bridgehead atoms. The summed E-state index contributed by atoms with van der Waals surface area (Å²) >= 11 is 0. The number of hydrogen-bond donors (Lipinski definition) is 0. The SMILES string of the molecule is CCCCCCCCCCCCCCCCCCCCCCCCCCCCCCCC[SiH2]O[SiH2]O[SiH2]O[SiH2]O[SiH2]O[SiH2]O[SiH2]O[SiH2]O[SiH2]O[SiH2]O[SiH2]O[SiH2]O[SiH2]O[SiH2]O[SiH2]O[SiH3]. The third-order valence-electron chi connectivity index (χ3n) is 10.3. The van der Waals surface area contributed by atoms with E-state index in [-0.39, 0.29) is 0 Å². The van der Waals surface area contributed by atoms with E-state index < -0.39 is 150 Å². The van der Waals surface area contributed by atoms with Gasteiger partial charge in [0.15, 0.2) is 0 Å². The van der Waals surface area contributed by atoms with E-state index in [1.807, 2.05) is 0 Å². The fraction of sp³-hybridized carbons (Fsp3) is 1.00. The maximum Gasteiger partial charge on any atom is 0.286 e. The molecule has 0 heterocycles. The summed E-state index contributed by atoms with van der Waals surface area (Å²) in [5, 5.41) is 0. The van der Waals surface area contributed by atoms with Crippen LogP contribution < -0.4 is 0 Å². The summed E-state index contributed by atoms with van der Waals surface area (Å²) in [6.45, 7) is 2.30. The summed E-state index contributed by atoms with van der Waals surface area (Å²) in [4.78, 5) is 0. The van der Waals surface area contributed by atoms with Gasteiger partial charge in [-0.25, -0.2) is 0 Å². The van der Waals surface area contributed by atoms with Crippen molar-refractivity contribution in [3.05, 3.63) is 0 Å². The lowest BCUT2D eigenvalue weighted by Crippen LogP contribution is -2.22. The molecule has 0 fully saturated rings. The molecule has 0 rings (SSSR count). The van der Waals surface area contributed by atoms with Crippen LogP contribution in [0.2, 0.25) is 6.04 Å². The molecule has 0 atom stereocenters. The van der Waals surface area contributed by atoms with E-state index >= 15 is 0 Å². The van der Waals surface area contributed by atoms with Crippen LogP contribution in [0.3, 0.4) is 0 Å². The number of unbranched alkanes of at least 4 members (excludes halogenated alkanes) is 29. The van der Waals surface area contributed by atoms with Crippen LogP contribution >= 0.6 is 0 Å². The maximum atomic E-state index is 5.88. The Bertz CT molecular complexity index is 758. The Labute approximate surface area is 424 Å². The van der Waals surface area contributed by atoms with Gasteiger partial charge in [0, 0.05) is 0 Å². The second-order valence-corrected chi connectivity index (χ2v) is 45.7. The first kappa shape index (κ1) is 65.9. The fourth-order valence-electron chi connectivity index (χ4n) is 6.75. The zero-order chi connectivity index (χ0) is 45.1. The summed E-state index contributed by atoms with van der Waals surface area (Å²) in [5.41, 5.74) is 0. The van der Waals surface area contributed by atoms with Gasteiger partial charge in [0.25, 0.3) is 140 Å². The minimum atomic E-state index is -1.02. The largest absolute Gasteiger partial charge is 0.449 e. The predicted molar refractivity (Wildman–Crippen MR) is 303 cm³/mol. The first-order valence-corrected chi connectivity index (χ1v) is 43.5. The van der Waals surface area contributed by atoms with E-state index in [4.69, 9.17) is 61.7 Å². The number of hydrogen-bond acceptors (Lipinski definition) is 15. The van der Waals surface area contributed by atoms with Gasteiger partial charge in [0.2, 0.25) is 0 Å². The summed E-state index contributed by atoms with van der Waals surface area (Å²) < 4.78 is 82.7. The third kappa shape index (κ3) is 64.9. The van der Waals surface area contributed by atoms with Crippen molar-refractivity contribution in [3.8, 4) is 0 Å². The van der Waals surface area contributed by atoms with Crippen molar-refractivity contribution >= 4 is 160 Å². The Balaban J connectivity index is 3.06. The van der Waals surface area contributed by atoms with Crippen molar-refractivity contribution in [1.29, 1.82) is 0 Å². The molecule has 0 aromatic heterocycles. The molecule has 0 unspecified atom stereocenters. The van der Waals surface area contributed by atoms with Crippen LogP contribution in [0, 0.1) is 0 Å². The molecule has 15 nitrogen and oxygen atoms in total. The molecule has 0 amide bonds. The lowest BCUT2D eigenvalue weighted by atomic mass is 10.0. The molecule has 0 radical (unpaired) electrons. The van der Waals surface area contributed by atoms with Gasteiger partial charge in [-0.3, -0.25) is 0 Å². The molecule has 0 saturated carbocycles. The first-order chi connectivity index (χ1) is 31.4. The average molecular weight is 1170 g/mol.